The van der Waals surface area contributed by atoms with E-state index in [0.717, 1.165) is 17.3 Å². The highest BCUT2D eigenvalue weighted by molar-refractivity contribution is 8.03. The number of likely N-dealkylation sites (N-methyl/N-ethyl adjacent to an activating group) is 1. The van der Waals surface area contributed by atoms with Gasteiger partial charge >= 0.3 is 0 Å². The molecule has 0 radical (unpaired) electrons. The van der Waals surface area contributed by atoms with Gasteiger partial charge in [-0.3, -0.25) is 9.69 Å². The van der Waals surface area contributed by atoms with Crippen LogP contribution in [0, 0.1) is 0 Å². The van der Waals surface area contributed by atoms with Crippen LogP contribution >= 0.6 is 24.0 Å². The van der Waals surface area contributed by atoms with Gasteiger partial charge in [0.25, 0.3) is 11.1 Å². The van der Waals surface area contributed by atoms with Crippen LogP contribution in [0.1, 0.15) is 0 Å². The molecule has 86 valence electrons. The molecule has 0 N–H and O–H groups in total. The minimum absolute atomic E-state index is 0.188. The molecule has 2 saturated heterocycles. The van der Waals surface area contributed by atoms with Crippen molar-refractivity contribution in [2.75, 3.05) is 26.4 Å². The van der Waals surface area contributed by atoms with E-state index in [-0.39, 0.29) is 11.1 Å². The molecule has 16 heavy (non-hydrogen) atoms. The molecule has 1 amide bonds. The molecule has 0 aromatic heterocycles. The molecular formula is C10H12N2O2S2. The van der Waals surface area contributed by atoms with Crippen LogP contribution in [-0.4, -0.2) is 47.3 Å². The number of rotatable bonds is 1. The number of thiocarbonyl (C=S) groups is 1. The third-order valence-corrected chi connectivity index (χ3v) is 3.90. The van der Waals surface area contributed by atoms with E-state index in [2.05, 4.69) is 4.90 Å². The smallest absolute Gasteiger partial charge is 0.296 e. The maximum atomic E-state index is 11.6. The molecule has 0 spiro atoms. The predicted octanol–water partition coefficient (Wildman–Crippen LogP) is 1.16. The topological polar surface area (TPSA) is 32.8 Å². The van der Waals surface area contributed by atoms with Crippen molar-refractivity contribution < 1.29 is 9.53 Å². The van der Waals surface area contributed by atoms with E-state index < -0.39 is 0 Å². The molecule has 0 bridgehead atoms. The van der Waals surface area contributed by atoms with Crippen molar-refractivity contribution in [1.82, 2.24) is 9.80 Å². The van der Waals surface area contributed by atoms with Crippen molar-refractivity contribution >= 4 is 35.1 Å². The van der Waals surface area contributed by atoms with Crippen LogP contribution in [0.2, 0.25) is 0 Å². The van der Waals surface area contributed by atoms with E-state index in [1.165, 1.54) is 4.90 Å². The zero-order valence-corrected chi connectivity index (χ0v) is 10.7. The van der Waals surface area contributed by atoms with Crippen LogP contribution in [0.5, 0.6) is 0 Å². The number of amides is 1. The van der Waals surface area contributed by atoms with Crippen LogP contribution in [-0.2, 0) is 9.53 Å². The van der Waals surface area contributed by atoms with Crippen molar-refractivity contribution in [2.24, 2.45) is 0 Å². The summed E-state index contributed by atoms with van der Waals surface area (Å²) in [4.78, 5) is 15.1. The Hall–Kier alpha value is -1.01. The maximum absolute atomic E-state index is 11.6. The van der Waals surface area contributed by atoms with Crippen molar-refractivity contribution in [3.05, 3.63) is 22.9 Å². The Labute approximate surface area is 104 Å². The van der Waals surface area contributed by atoms with Gasteiger partial charge in [-0.05, 0) is 24.4 Å². The molecule has 2 rings (SSSR count). The van der Waals surface area contributed by atoms with Gasteiger partial charge in [-0.1, -0.05) is 0 Å². The Morgan fingerprint density at radius 1 is 1.44 bits per heavy atom. The lowest BCUT2D eigenvalue weighted by Gasteiger charge is -2.09. The summed E-state index contributed by atoms with van der Waals surface area (Å²) in [6.07, 6.45) is 3.58. The zero-order chi connectivity index (χ0) is 11.7. The summed E-state index contributed by atoms with van der Waals surface area (Å²) in [5.41, 5.74) is 0. The summed E-state index contributed by atoms with van der Waals surface area (Å²) in [7, 11) is 3.63. The molecule has 0 unspecified atom stereocenters. The van der Waals surface area contributed by atoms with Crippen LogP contribution < -0.4 is 0 Å². The summed E-state index contributed by atoms with van der Waals surface area (Å²) >= 11 is 6.64. The number of hydrogen-bond donors (Lipinski definition) is 0. The number of hydrogen-bond acceptors (Lipinski definition) is 5. The van der Waals surface area contributed by atoms with Gasteiger partial charge < -0.3 is 9.64 Å². The van der Waals surface area contributed by atoms with Crippen LogP contribution in [0.15, 0.2) is 22.9 Å². The third kappa shape index (κ3) is 2.08. The first-order valence-corrected chi connectivity index (χ1v) is 6.25. The summed E-state index contributed by atoms with van der Waals surface area (Å²) in [6.45, 7) is 1.03. The second-order valence-corrected chi connectivity index (χ2v) is 5.00. The Morgan fingerprint density at radius 2 is 2.19 bits per heavy atom. The van der Waals surface area contributed by atoms with Gasteiger partial charge in [0.15, 0.2) is 5.76 Å². The normalized spacial score (nSPS) is 26.1. The number of allylic oxidation sites excluding steroid dienone is 2. The maximum Gasteiger partial charge on any atom is 0.296 e. The fraction of sp³-hybridized carbons (Fsp3) is 0.400. The molecule has 2 heterocycles. The predicted molar refractivity (Wildman–Crippen MR) is 67.7 cm³/mol. The average Bonchev–Trinajstić information content (AvgIpc) is 2.76. The van der Waals surface area contributed by atoms with Crippen molar-refractivity contribution in [3.63, 3.8) is 0 Å². The highest BCUT2D eigenvalue weighted by atomic mass is 32.2. The zero-order valence-electron chi connectivity index (χ0n) is 9.10. The number of carbonyl (C=O) groups is 1. The van der Waals surface area contributed by atoms with E-state index in [0.29, 0.717) is 5.76 Å². The molecular weight excluding hydrogens is 244 g/mol. The second kappa shape index (κ2) is 4.47. The highest BCUT2D eigenvalue weighted by Crippen LogP contribution is 2.26. The number of carbonyl (C=O) groups excluding carboxylic acids is 1. The summed E-state index contributed by atoms with van der Waals surface area (Å²) in [5.74, 6) is 1.19. The lowest BCUT2D eigenvalue weighted by Crippen LogP contribution is -2.22. The molecule has 4 nitrogen and oxygen atoms in total. The molecule has 0 aromatic carbocycles. The number of nitrogens with zero attached hydrogens (tertiary/aromatic N) is 2. The first-order chi connectivity index (χ1) is 7.59. The highest BCUT2D eigenvalue weighted by Gasteiger charge is 2.29. The van der Waals surface area contributed by atoms with Gasteiger partial charge in [-0.25, -0.2) is 0 Å². The molecule has 2 aliphatic rings. The Morgan fingerprint density at radius 3 is 2.69 bits per heavy atom. The molecule has 0 saturated carbocycles. The minimum atomic E-state index is -0.188. The summed E-state index contributed by atoms with van der Waals surface area (Å²) in [6, 6.07) is 0. The van der Waals surface area contributed by atoms with E-state index in [1.807, 2.05) is 13.1 Å². The van der Waals surface area contributed by atoms with Crippen LogP contribution in [0.4, 0.5) is 0 Å². The summed E-state index contributed by atoms with van der Waals surface area (Å²) in [5, 5.41) is 1.35. The van der Waals surface area contributed by atoms with Gasteiger partial charge in [-0.2, -0.15) is 0 Å². The van der Waals surface area contributed by atoms with E-state index in [4.69, 9.17) is 17.0 Å². The molecule has 6 heteroatoms. The van der Waals surface area contributed by atoms with Crippen molar-refractivity contribution in [2.45, 2.75) is 0 Å². The Balaban J connectivity index is 2.14. The number of thioether (sulfide) groups is 1. The first-order valence-electron chi connectivity index (χ1n) is 4.85. The fourth-order valence-electron chi connectivity index (χ4n) is 1.39. The van der Waals surface area contributed by atoms with Gasteiger partial charge in [0, 0.05) is 26.4 Å². The monoisotopic (exact) mass is 256 g/mol. The lowest BCUT2D eigenvalue weighted by atomic mass is 10.4. The second-order valence-electron chi connectivity index (χ2n) is 3.54. The largest absolute Gasteiger partial charge is 0.426 e. The van der Waals surface area contributed by atoms with E-state index >= 15 is 0 Å². The SMILES string of the molecule is CN1C(=O)/C(=C/C=C2\SCCN2C)OC1=S. The fourth-order valence-corrected chi connectivity index (χ4v) is 2.61. The van der Waals surface area contributed by atoms with Crippen LogP contribution in [0.3, 0.4) is 0 Å². The Bertz CT molecular complexity index is 404. The van der Waals surface area contributed by atoms with Crippen molar-refractivity contribution in [1.29, 1.82) is 0 Å². The van der Waals surface area contributed by atoms with Gasteiger partial charge in [-0.15, -0.1) is 11.8 Å². The van der Waals surface area contributed by atoms with E-state index in [9.17, 15) is 4.79 Å². The molecule has 2 fully saturated rings. The number of ether oxygens (including phenoxy) is 1. The average molecular weight is 256 g/mol. The third-order valence-electron chi connectivity index (χ3n) is 2.42. The molecule has 0 atom stereocenters. The molecule has 0 aromatic rings. The standard InChI is InChI=1S/C10H12N2O2S2/c1-11-5-6-16-8(11)4-3-7-9(13)12(2)10(15)14-7/h3-4H,5-6H2,1-2H3/b7-3-,8-4-. The van der Waals surface area contributed by atoms with Gasteiger partial charge in [0.2, 0.25) is 0 Å². The summed E-state index contributed by atoms with van der Waals surface area (Å²) < 4.78 is 5.18. The van der Waals surface area contributed by atoms with Gasteiger partial charge in [0.05, 0.1) is 5.03 Å². The minimum Gasteiger partial charge on any atom is -0.426 e. The quantitative estimate of drug-likeness (QED) is 0.519. The lowest BCUT2D eigenvalue weighted by molar-refractivity contribution is -0.122. The molecule has 0 aliphatic carbocycles. The van der Waals surface area contributed by atoms with Gasteiger partial charge in [0.1, 0.15) is 0 Å². The Kier molecular flexibility index (Phi) is 3.20. The van der Waals surface area contributed by atoms with Crippen LogP contribution in [0.25, 0.3) is 0 Å². The first kappa shape index (κ1) is 11.5. The van der Waals surface area contributed by atoms with E-state index in [1.54, 1.807) is 24.9 Å². The van der Waals surface area contributed by atoms with Crippen molar-refractivity contribution in [3.8, 4) is 0 Å². The molecule has 2 aliphatic heterocycles.